The lowest BCUT2D eigenvalue weighted by molar-refractivity contribution is -0.141. The van der Waals surface area contributed by atoms with Crippen LogP contribution in [0, 0.1) is 6.92 Å². The summed E-state index contributed by atoms with van der Waals surface area (Å²) in [6.07, 6.45) is 0. The number of carbonyl (C=O) groups is 1. The minimum atomic E-state index is -4.00. The minimum Gasteiger partial charge on any atom is -0.495 e. The predicted molar refractivity (Wildman–Crippen MR) is 109 cm³/mol. The maximum Gasteiger partial charge on any atom is 0.325 e. The second kappa shape index (κ2) is 8.26. The maximum absolute atomic E-state index is 12.9. The van der Waals surface area contributed by atoms with E-state index in [-0.39, 0.29) is 16.2 Å². The Morgan fingerprint density at radius 3 is 2.24 bits per heavy atom. The van der Waals surface area contributed by atoms with Crippen molar-refractivity contribution in [3.05, 3.63) is 46.8 Å². The van der Waals surface area contributed by atoms with Gasteiger partial charge in [0.25, 0.3) is 10.0 Å². The monoisotopic (exact) mass is 436 g/mol. The van der Waals surface area contributed by atoms with E-state index in [1.807, 2.05) is 6.92 Å². The molecule has 0 saturated carbocycles. The van der Waals surface area contributed by atoms with Gasteiger partial charge in [0.05, 0.1) is 26.2 Å². The zero-order valence-corrected chi connectivity index (χ0v) is 18.0. The Morgan fingerprint density at radius 2 is 1.66 bits per heavy atom. The molecular formula is C19H20N2O6S2. The van der Waals surface area contributed by atoms with Gasteiger partial charge in [0.2, 0.25) is 4.80 Å². The van der Waals surface area contributed by atoms with E-state index in [4.69, 9.17) is 14.2 Å². The van der Waals surface area contributed by atoms with Crippen LogP contribution >= 0.6 is 11.3 Å². The number of nitrogens with zero attached hydrogens (tertiary/aromatic N) is 2. The molecule has 0 N–H and O–H groups in total. The molecular weight excluding hydrogens is 416 g/mol. The van der Waals surface area contributed by atoms with E-state index in [9.17, 15) is 13.2 Å². The molecule has 1 heterocycles. The molecule has 10 heteroatoms. The molecule has 3 rings (SSSR count). The van der Waals surface area contributed by atoms with Crippen LogP contribution in [0.3, 0.4) is 0 Å². The second-order valence-corrected chi connectivity index (χ2v) is 8.66. The highest BCUT2D eigenvalue weighted by Gasteiger charge is 2.20. The third kappa shape index (κ3) is 4.13. The SMILES string of the molecule is COC(=O)Cn1c(=NS(=O)(=O)c2ccc(C)cc2)sc2c(OC)ccc(OC)c21. The zero-order chi connectivity index (χ0) is 21.2. The van der Waals surface area contributed by atoms with Gasteiger partial charge in [-0.2, -0.15) is 8.42 Å². The van der Waals surface area contributed by atoms with Gasteiger partial charge in [-0.3, -0.25) is 4.79 Å². The molecule has 8 nitrogen and oxygen atoms in total. The van der Waals surface area contributed by atoms with Crippen LogP contribution in [-0.2, 0) is 26.1 Å². The minimum absolute atomic E-state index is 0.0594. The summed E-state index contributed by atoms with van der Waals surface area (Å²) >= 11 is 1.09. The largest absolute Gasteiger partial charge is 0.495 e. The van der Waals surface area contributed by atoms with E-state index < -0.39 is 16.0 Å². The molecule has 0 saturated heterocycles. The van der Waals surface area contributed by atoms with Gasteiger partial charge in [-0.1, -0.05) is 29.0 Å². The fraction of sp³-hybridized carbons (Fsp3) is 0.263. The molecule has 3 aromatic rings. The van der Waals surface area contributed by atoms with Gasteiger partial charge in [-0.05, 0) is 31.2 Å². The fourth-order valence-corrected chi connectivity index (χ4v) is 5.07. The number of benzene rings is 2. The van der Waals surface area contributed by atoms with Gasteiger partial charge in [0.15, 0.2) is 0 Å². The first-order valence-corrected chi connectivity index (χ1v) is 10.7. The molecule has 2 aromatic carbocycles. The summed E-state index contributed by atoms with van der Waals surface area (Å²) in [4.78, 5) is 12.2. The third-order valence-corrected chi connectivity index (χ3v) is 6.71. The molecule has 0 aliphatic rings. The van der Waals surface area contributed by atoms with Gasteiger partial charge in [-0.15, -0.1) is 4.40 Å². The first kappa shape index (κ1) is 20.9. The standard InChI is InChI=1S/C19H20N2O6S2/c1-12-5-7-13(8-6-12)29(23,24)20-19-21(11-16(22)27-4)17-14(25-2)9-10-15(26-3)18(17)28-19/h5-10H,11H2,1-4H3. The van der Waals surface area contributed by atoms with E-state index in [0.29, 0.717) is 21.7 Å². The smallest absolute Gasteiger partial charge is 0.325 e. The lowest BCUT2D eigenvalue weighted by Crippen LogP contribution is -2.22. The zero-order valence-electron chi connectivity index (χ0n) is 16.3. The summed E-state index contributed by atoms with van der Waals surface area (Å²) in [5, 5.41) is 0. The molecule has 0 fully saturated rings. The number of thiazole rings is 1. The number of hydrogen-bond donors (Lipinski definition) is 0. The molecule has 29 heavy (non-hydrogen) atoms. The number of fused-ring (bicyclic) bond motifs is 1. The highest BCUT2D eigenvalue weighted by atomic mass is 32.2. The van der Waals surface area contributed by atoms with Crippen molar-refractivity contribution in [2.45, 2.75) is 18.4 Å². The Hall–Kier alpha value is -2.85. The van der Waals surface area contributed by atoms with Gasteiger partial charge in [-0.25, -0.2) is 0 Å². The van der Waals surface area contributed by atoms with Gasteiger partial charge < -0.3 is 18.8 Å². The van der Waals surface area contributed by atoms with Gasteiger partial charge in [0.1, 0.15) is 28.3 Å². The lowest BCUT2D eigenvalue weighted by atomic mass is 10.2. The van der Waals surface area contributed by atoms with E-state index in [0.717, 1.165) is 16.9 Å². The highest BCUT2D eigenvalue weighted by molar-refractivity contribution is 7.90. The molecule has 1 aromatic heterocycles. The summed E-state index contributed by atoms with van der Waals surface area (Å²) in [6.45, 7) is 1.63. The number of aryl methyl sites for hydroxylation is 1. The van der Waals surface area contributed by atoms with Gasteiger partial charge >= 0.3 is 5.97 Å². The van der Waals surface area contributed by atoms with Crippen LogP contribution in [0.15, 0.2) is 45.7 Å². The fourth-order valence-electron chi connectivity index (χ4n) is 2.73. The average Bonchev–Trinajstić information content (AvgIpc) is 3.04. The number of rotatable bonds is 6. The Bertz CT molecular complexity index is 1220. The molecule has 154 valence electrons. The van der Waals surface area contributed by atoms with Crippen LogP contribution in [0.25, 0.3) is 10.2 Å². The number of hydrogen-bond acceptors (Lipinski definition) is 7. The summed E-state index contributed by atoms with van der Waals surface area (Å²) in [6, 6.07) is 9.77. The van der Waals surface area contributed by atoms with Crippen molar-refractivity contribution >= 4 is 37.5 Å². The summed E-state index contributed by atoms with van der Waals surface area (Å²) in [5.74, 6) is 0.414. The van der Waals surface area contributed by atoms with E-state index in [1.54, 1.807) is 24.3 Å². The Morgan fingerprint density at radius 1 is 1.03 bits per heavy atom. The molecule has 0 unspecified atom stereocenters. The number of methoxy groups -OCH3 is 3. The predicted octanol–water partition coefficient (Wildman–Crippen LogP) is 2.49. The second-order valence-electron chi connectivity index (χ2n) is 6.07. The Balaban J connectivity index is 2.33. The highest BCUT2D eigenvalue weighted by Crippen LogP contribution is 2.35. The Kier molecular flexibility index (Phi) is 5.94. The summed E-state index contributed by atoms with van der Waals surface area (Å²) < 4.78 is 47.3. The first-order chi connectivity index (χ1) is 13.8. The number of ether oxygens (including phenoxy) is 3. The van der Waals surface area contributed by atoms with Crippen molar-refractivity contribution in [1.29, 1.82) is 0 Å². The van der Waals surface area contributed by atoms with Crippen molar-refractivity contribution in [3.8, 4) is 11.5 Å². The molecule has 0 aliphatic carbocycles. The van der Waals surface area contributed by atoms with Crippen LogP contribution in [0.2, 0.25) is 0 Å². The molecule has 0 amide bonds. The van der Waals surface area contributed by atoms with Crippen LogP contribution in [0.5, 0.6) is 11.5 Å². The summed E-state index contributed by atoms with van der Waals surface area (Å²) in [5.41, 5.74) is 1.43. The molecule has 0 aliphatic heterocycles. The van der Waals surface area contributed by atoms with Crippen LogP contribution < -0.4 is 14.3 Å². The van der Waals surface area contributed by atoms with Crippen molar-refractivity contribution in [2.75, 3.05) is 21.3 Å². The molecule has 0 spiro atoms. The topological polar surface area (TPSA) is 96.2 Å². The molecule has 0 atom stereocenters. The Labute approximate surface area is 172 Å². The van der Waals surface area contributed by atoms with Crippen molar-refractivity contribution in [1.82, 2.24) is 4.57 Å². The van der Waals surface area contributed by atoms with Crippen LogP contribution in [0.4, 0.5) is 0 Å². The van der Waals surface area contributed by atoms with E-state index in [2.05, 4.69) is 4.40 Å². The van der Waals surface area contributed by atoms with Gasteiger partial charge in [0, 0.05) is 0 Å². The lowest BCUT2D eigenvalue weighted by Gasteiger charge is -2.09. The van der Waals surface area contributed by atoms with E-state index >= 15 is 0 Å². The van der Waals surface area contributed by atoms with Crippen molar-refractivity contribution < 1.29 is 27.4 Å². The molecule has 0 bridgehead atoms. The quantitative estimate of drug-likeness (QED) is 0.551. The van der Waals surface area contributed by atoms with E-state index in [1.165, 1.54) is 38.0 Å². The number of carbonyl (C=O) groups excluding carboxylic acids is 1. The number of aromatic nitrogens is 1. The van der Waals surface area contributed by atoms with Crippen LogP contribution in [0.1, 0.15) is 5.56 Å². The number of sulfonamides is 1. The first-order valence-electron chi connectivity index (χ1n) is 8.49. The average molecular weight is 437 g/mol. The number of esters is 1. The molecule has 0 radical (unpaired) electrons. The van der Waals surface area contributed by atoms with Crippen LogP contribution in [-0.4, -0.2) is 40.3 Å². The van der Waals surface area contributed by atoms with Crippen molar-refractivity contribution in [3.63, 3.8) is 0 Å². The third-order valence-electron chi connectivity index (χ3n) is 4.22. The maximum atomic E-state index is 12.9. The summed E-state index contributed by atoms with van der Waals surface area (Å²) in [7, 11) is 0.251. The van der Waals surface area contributed by atoms with Crippen molar-refractivity contribution in [2.24, 2.45) is 4.40 Å². The normalized spacial score (nSPS) is 12.2.